The monoisotopic (exact) mass is 278 g/mol. The first-order valence-electron chi connectivity index (χ1n) is 6.13. The third kappa shape index (κ3) is 3.26. The van der Waals surface area contributed by atoms with Crippen molar-refractivity contribution in [1.29, 1.82) is 0 Å². The molecule has 1 nitrogen and oxygen atoms in total. The normalized spacial score (nSPS) is 11.4. The highest BCUT2D eigenvalue weighted by atomic mass is 19.4. The van der Waals surface area contributed by atoms with E-state index in [-0.39, 0.29) is 5.78 Å². The average Bonchev–Trinajstić information content (AvgIpc) is 2.38. The summed E-state index contributed by atoms with van der Waals surface area (Å²) in [7, 11) is 0. The fourth-order valence-electron chi connectivity index (χ4n) is 2.10. The molecular formula is C16H13F3O. The molecule has 0 saturated heterocycles. The Labute approximate surface area is 115 Å². The van der Waals surface area contributed by atoms with Gasteiger partial charge >= 0.3 is 6.18 Å². The summed E-state index contributed by atoms with van der Waals surface area (Å²) in [5.74, 6) is -0.0902. The van der Waals surface area contributed by atoms with Crippen LogP contribution < -0.4 is 0 Å². The van der Waals surface area contributed by atoms with Crippen LogP contribution in [0.2, 0.25) is 0 Å². The Morgan fingerprint density at radius 1 is 1.05 bits per heavy atom. The first-order chi connectivity index (χ1) is 9.38. The summed E-state index contributed by atoms with van der Waals surface area (Å²) >= 11 is 0. The number of hydrogen-bond acceptors (Lipinski definition) is 1. The number of Topliss-reactive ketones (excluding diaryl/α,β-unsaturated/α-hetero) is 1. The summed E-state index contributed by atoms with van der Waals surface area (Å²) in [5, 5.41) is 0. The lowest BCUT2D eigenvalue weighted by molar-refractivity contribution is -0.137. The topological polar surface area (TPSA) is 17.1 Å². The number of benzene rings is 2. The van der Waals surface area contributed by atoms with Gasteiger partial charge in [-0.15, -0.1) is 0 Å². The second-order valence-corrected chi connectivity index (χ2v) is 4.59. The van der Waals surface area contributed by atoms with Gasteiger partial charge < -0.3 is 0 Å². The second-order valence-electron chi connectivity index (χ2n) is 4.59. The van der Waals surface area contributed by atoms with E-state index in [0.717, 1.165) is 17.7 Å². The van der Waals surface area contributed by atoms with Gasteiger partial charge in [0.05, 0.1) is 5.56 Å². The number of carbonyl (C=O) groups is 1. The van der Waals surface area contributed by atoms with Crippen LogP contribution in [0.4, 0.5) is 13.2 Å². The molecule has 0 saturated carbocycles. The highest BCUT2D eigenvalue weighted by molar-refractivity contribution is 5.95. The fraction of sp³-hybridized carbons (Fsp3) is 0.188. The third-order valence-corrected chi connectivity index (χ3v) is 3.05. The van der Waals surface area contributed by atoms with Gasteiger partial charge in [0.15, 0.2) is 5.78 Å². The van der Waals surface area contributed by atoms with Crippen LogP contribution >= 0.6 is 0 Å². The molecule has 0 aliphatic heterocycles. The molecule has 0 fully saturated rings. The summed E-state index contributed by atoms with van der Waals surface area (Å²) in [6, 6.07) is 12.1. The Bertz CT molecular complexity index is 630. The maximum Gasteiger partial charge on any atom is 0.416 e. The number of rotatable bonds is 3. The molecule has 0 spiro atoms. The quantitative estimate of drug-likeness (QED) is 0.755. The standard InChI is InChI=1S/C16H13F3O/c1-11(20)15-8-3-2-6-13(15)9-12-5-4-7-14(10-12)16(17,18)19/h2-8,10H,9H2,1H3. The van der Waals surface area contributed by atoms with Crippen molar-refractivity contribution in [2.45, 2.75) is 19.5 Å². The Morgan fingerprint density at radius 2 is 1.75 bits per heavy atom. The van der Waals surface area contributed by atoms with Gasteiger partial charge in [-0.25, -0.2) is 0 Å². The highest BCUT2D eigenvalue weighted by Gasteiger charge is 2.30. The molecule has 2 aromatic rings. The van der Waals surface area contributed by atoms with Crippen molar-refractivity contribution in [2.75, 3.05) is 0 Å². The summed E-state index contributed by atoms with van der Waals surface area (Å²) in [5.41, 5.74) is 1.15. The molecule has 2 rings (SSSR count). The van der Waals surface area contributed by atoms with E-state index >= 15 is 0 Å². The van der Waals surface area contributed by atoms with Gasteiger partial charge in [-0.3, -0.25) is 4.79 Å². The van der Waals surface area contributed by atoms with Gasteiger partial charge in [0.2, 0.25) is 0 Å². The van der Waals surface area contributed by atoms with E-state index in [1.165, 1.54) is 13.0 Å². The van der Waals surface area contributed by atoms with E-state index in [2.05, 4.69) is 0 Å². The summed E-state index contributed by atoms with van der Waals surface area (Å²) in [4.78, 5) is 11.5. The van der Waals surface area contributed by atoms with E-state index in [4.69, 9.17) is 0 Å². The lowest BCUT2D eigenvalue weighted by Crippen LogP contribution is -2.06. The number of alkyl halides is 3. The predicted molar refractivity (Wildman–Crippen MR) is 70.7 cm³/mol. The van der Waals surface area contributed by atoms with Crippen LogP contribution in [0.1, 0.15) is 34.0 Å². The van der Waals surface area contributed by atoms with Gasteiger partial charge in [0, 0.05) is 5.56 Å². The van der Waals surface area contributed by atoms with E-state index in [1.54, 1.807) is 30.3 Å². The van der Waals surface area contributed by atoms with Gasteiger partial charge in [-0.05, 0) is 30.5 Å². The highest BCUT2D eigenvalue weighted by Crippen LogP contribution is 2.30. The molecule has 4 heteroatoms. The molecule has 0 aromatic heterocycles. The van der Waals surface area contributed by atoms with Gasteiger partial charge in [-0.1, -0.05) is 42.5 Å². The molecular weight excluding hydrogens is 265 g/mol. The number of halogens is 3. The number of ketones is 1. The summed E-state index contributed by atoms with van der Waals surface area (Å²) in [6.45, 7) is 1.45. The maximum atomic E-state index is 12.7. The average molecular weight is 278 g/mol. The predicted octanol–water partition coefficient (Wildman–Crippen LogP) is 4.50. The maximum absolute atomic E-state index is 12.7. The van der Waals surface area contributed by atoms with Crippen LogP contribution in [-0.2, 0) is 12.6 Å². The van der Waals surface area contributed by atoms with Crippen molar-refractivity contribution in [2.24, 2.45) is 0 Å². The van der Waals surface area contributed by atoms with Crippen molar-refractivity contribution in [3.63, 3.8) is 0 Å². The molecule has 0 aliphatic carbocycles. The van der Waals surface area contributed by atoms with Crippen LogP contribution in [-0.4, -0.2) is 5.78 Å². The van der Waals surface area contributed by atoms with Crippen molar-refractivity contribution in [3.05, 3.63) is 70.8 Å². The molecule has 0 N–H and O–H groups in total. The van der Waals surface area contributed by atoms with Crippen LogP contribution in [0, 0.1) is 0 Å². The van der Waals surface area contributed by atoms with Gasteiger partial charge in [0.1, 0.15) is 0 Å². The van der Waals surface area contributed by atoms with Crippen molar-refractivity contribution < 1.29 is 18.0 Å². The zero-order valence-corrected chi connectivity index (χ0v) is 10.9. The van der Waals surface area contributed by atoms with E-state index in [1.807, 2.05) is 0 Å². The SMILES string of the molecule is CC(=O)c1ccccc1Cc1cccc(C(F)(F)F)c1. The molecule has 0 bridgehead atoms. The zero-order valence-electron chi connectivity index (χ0n) is 10.9. The number of hydrogen-bond donors (Lipinski definition) is 0. The Morgan fingerprint density at radius 3 is 2.40 bits per heavy atom. The molecule has 0 atom stereocenters. The molecule has 0 amide bonds. The third-order valence-electron chi connectivity index (χ3n) is 3.05. The molecule has 0 unspecified atom stereocenters. The van der Waals surface area contributed by atoms with Crippen LogP contribution in [0.3, 0.4) is 0 Å². The van der Waals surface area contributed by atoms with Crippen LogP contribution in [0.25, 0.3) is 0 Å². The lowest BCUT2D eigenvalue weighted by atomic mass is 9.97. The molecule has 20 heavy (non-hydrogen) atoms. The molecule has 0 aliphatic rings. The molecule has 0 radical (unpaired) electrons. The summed E-state index contributed by atoms with van der Waals surface area (Å²) < 4.78 is 38.0. The largest absolute Gasteiger partial charge is 0.416 e. The minimum atomic E-state index is -4.35. The zero-order chi connectivity index (χ0) is 14.8. The van der Waals surface area contributed by atoms with Gasteiger partial charge in [-0.2, -0.15) is 13.2 Å². The fourth-order valence-corrected chi connectivity index (χ4v) is 2.10. The minimum Gasteiger partial charge on any atom is -0.295 e. The number of carbonyl (C=O) groups excluding carboxylic acids is 1. The van der Waals surface area contributed by atoms with Crippen molar-refractivity contribution >= 4 is 5.78 Å². The van der Waals surface area contributed by atoms with Crippen LogP contribution in [0.5, 0.6) is 0 Å². The lowest BCUT2D eigenvalue weighted by Gasteiger charge is -2.10. The molecule has 2 aromatic carbocycles. The Balaban J connectivity index is 2.34. The van der Waals surface area contributed by atoms with Crippen molar-refractivity contribution in [3.8, 4) is 0 Å². The van der Waals surface area contributed by atoms with Crippen LogP contribution in [0.15, 0.2) is 48.5 Å². The van der Waals surface area contributed by atoms with E-state index < -0.39 is 11.7 Å². The smallest absolute Gasteiger partial charge is 0.295 e. The first-order valence-corrected chi connectivity index (χ1v) is 6.13. The summed E-state index contributed by atoms with van der Waals surface area (Å²) in [6.07, 6.45) is -4.05. The van der Waals surface area contributed by atoms with Crippen molar-refractivity contribution in [1.82, 2.24) is 0 Å². The van der Waals surface area contributed by atoms with Gasteiger partial charge in [0.25, 0.3) is 0 Å². The second kappa shape index (κ2) is 5.49. The first kappa shape index (κ1) is 14.3. The molecule has 0 heterocycles. The molecule has 104 valence electrons. The Kier molecular flexibility index (Phi) is 3.93. The Hall–Kier alpha value is -2.10. The van der Waals surface area contributed by atoms with E-state index in [0.29, 0.717) is 17.5 Å². The minimum absolute atomic E-state index is 0.0902. The van der Waals surface area contributed by atoms with E-state index in [9.17, 15) is 18.0 Å².